The molecule has 0 aliphatic heterocycles. The van der Waals surface area contributed by atoms with Gasteiger partial charge < -0.3 is 5.32 Å². The van der Waals surface area contributed by atoms with Gasteiger partial charge in [0, 0.05) is 29.5 Å². The second-order valence-corrected chi connectivity index (χ2v) is 4.75. The predicted octanol–water partition coefficient (Wildman–Crippen LogP) is 3.21. The van der Waals surface area contributed by atoms with Crippen LogP contribution in [0.2, 0.25) is 0 Å². The van der Waals surface area contributed by atoms with Gasteiger partial charge in [0.15, 0.2) is 0 Å². The van der Waals surface area contributed by atoms with Gasteiger partial charge in [-0.3, -0.25) is 4.98 Å². The lowest BCUT2D eigenvalue weighted by Crippen LogP contribution is -2.21. The summed E-state index contributed by atoms with van der Waals surface area (Å²) in [5, 5.41) is 3.43. The van der Waals surface area contributed by atoms with Crippen LogP contribution in [-0.2, 0) is 6.54 Å². The van der Waals surface area contributed by atoms with E-state index < -0.39 is 0 Å². The molecule has 0 saturated carbocycles. The van der Waals surface area contributed by atoms with Gasteiger partial charge >= 0.3 is 0 Å². The van der Waals surface area contributed by atoms with E-state index in [2.05, 4.69) is 22.4 Å². The normalized spacial score (nSPS) is 12.6. The number of hydrogen-bond acceptors (Lipinski definition) is 3. The molecule has 1 atom stereocenters. The lowest BCUT2D eigenvalue weighted by molar-refractivity contribution is 0.583. The van der Waals surface area contributed by atoms with Crippen LogP contribution in [0.25, 0.3) is 0 Å². The van der Waals surface area contributed by atoms with E-state index in [0.717, 1.165) is 6.54 Å². The van der Waals surface area contributed by atoms with E-state index in [0.29, 0.717) is 5.88 Å². The van der Waals surface area contributed by atoms with Crippen molar-refractivity contribution in [2.75, 3.05) is 5.88 Å². The molecule has 0 radical (unpaired) electrons. The highest BCUT2D eigenvalue weighted by molar-refractivity contribution is 7.09. The summed E-state index contributed by atoms with van der Waals surface area (Å²) in [6.07, 6.45) is 1.88. The Morgan fingerprint density at radius 3 is 2.75 bits per heavy atom. The molecule has 1 aromatic heterocycles. The van der Waals surface area contributed by atoms with Gasteiger partial charge in [0.2, 0.25) is 0 Å². The van der Waals surface area contributed by atoms with E-state index >= 15 is 0 Å². The quantitative estimate of drug-likeness (QED) is 0.827. The van der Waals surface area contributed by atoms with E-state index in [9.17, 15) is 0 Å². The highest BCUT2D eigenvalue weighted by Gasteiger charge is 2.09. The van der Waals surface area contributed by atoms with Crippen LogP contribution in [0.1, 0.15) is 16.5 Å². The van der Waals surface area contributed by atoms with Crippen LogP contribution < -0.4 is 5.32 Å². The van der Waals surface area contributed by atoms with Crippen molar-refractivity contribution in [3.05, 3.63) is 52.5 Å². The smallest absolute Gasteiger partial charge is 0.0794 e. The summed E-state index contributed by atoms with van der Waals surface area (Å²) in [5.74, 6) is 0.572. The van der Waals surface area contributed by atoms with Crippen molar-refractivity contribution in [1.82, 2.24) is 10.3 Å². The van der Waals surface area contributed by atoms with Crippen LogP contribution in [0.3, 0.4) is 0 Å². The lowest BCUT2D eigenvalue weighted by Gasteiger charge is -2.15. The van der Waals surface area contributed by atoms with Gasteiger partial charge in [-0.15, -0.1) is 22.9 Å². The maximum atomic E-state index is 5.97. The zero-order valence-corrected chi connectivity index (χ0v) is 10.3. The van der Waals surface area contributed by atoms with E-state index in [1.807, 2.05) is 29.9 Å². The molecule has 2 nitrogen and oxygen atoms in total. The second kappa shape index (κ2) is 5.99. The molecule has 1 N–H and O–H groups in total. The third-order valence-electron chi connectivity index (χ3n) is 2.36. The van der Waals surface area contributed by atoms with Crippen molar-refractivity contribution >= 4 is 22.9 Å². The Labute approximate surface area is 104 Å². The van der Waals surface area contributed by atoms with Gasteiger partial charge in [-0.1, -0.05) is 30.3 Å². The van der Waals surface area contributed by atoms with E-state index in [1.165, 1.54) is 10.4 Å². The largest absolute Gasteiger partial charge is 0.304 e. The molecule has 1 unspecified atom stereocenters. The van der Waals surface area contributed by atoms with Gasteiger partial charge in [0.05, 0.1) is 5.51 Å². The fraction of sp³-hybridized carbons (Fsp3) is 0.250. The molecular formula is C12H13ClN2S. The summed E-state index contributed by atoms with van der Waals surface area (Å²) >= 11 is 7.62. The van der Waals surface area contributed by atoms with Gasteiger partial charge in [-0.25, -0.2) is 0 Å². The zero-order chi connectivity index (χ0) is 11.2. The first kappa shape index (κ1) is 11.6. The molecule has 0 aliphatic rings. The van der Waals surface area contributed by atoms with Crippen LogP contribution in [0.15, 0.2) is 42.0 Å². The molecule has 0 saturated heterocycles. The topological polar surface area (TPSA) is 24.9 Å². The number of alkyl halides is 1. The SMILES string of the molecule is ClCC(NCc1cncs1)c1ccccc1. The van der Waals surface area contributed by atoms with Gasteiger partial charge in [0.25, 0.3) is 0 Å². The number of thiazole rings is 1. The monoisotopic (exact) mass is 252 g/mol. The molecule has 2 aromatic rings. The fourth-order valence-corrected chi connectivity index (χ4v) is 2.33. The number of halogens is 1. The van der Waals surface area contributed by atoms with E-state index in [1.54, 1.807) is 11.3 Å². The maximum Gasteiger partial charge on any atom is 0.0794 e. The fourth-order valence-electron chi connectivity index (χ4n) is 1.50. The molecule has 1 heterocycles. The van der Waals surface area contributed by atoms with E-state index in [4.69, 9.17) is 11.6 Å². The first-order chi connectivity index (χ1) is 7.90. The summed E-state index contributed by atoms with van der Waals surface area (Å²) < 4.78 is 0. The van der Waals surface area contributed by atoms with Crippen LogP contribution in [0.4, 0.5) is 0 Å². The number of nitrogens with one attached hydrogen (secondary N) is 1. The zero-order valence-electron chi connectivity index (χ0n) is 8.77. The molecule has 4 heteroatoms. The van der Waals surface area contributed by atoms with Gasteiger partial charge in [-0.05, 0) is 5.56 Å². The summed E-state index contributed by atoms with van der Waals surface area (Å²) in [7, 11) is 0. The van der Waals surface area contributed by atoms with Gasteiger partial charge in [-0.2, -0.15) is 0 Å². The van der Waals surface area contributed by atoms with Crippen LogP contribution in [0, 0.1) is 0 Å². The first-order valence-electron chi connectivity index (χ1n) is 5.12. The minimum absolute atomic E-state index is 0.199. The molecule has 0 spiro atoms. The summed E-state index contributed by atoms with van der Waals surface area (Å²) in [4.78, 5) is 5.27. The van der Waals surface area contributed by atoms with Crippen molar-refractivity contribution < 1.29 is 0 Å². The Bertz CT molecular complexity index is 402. The Balaban J connectivity index is 1.96. The second-order valence-electron chi connectivity index (χ2n) is 3.47. The molecule has 1 aromatic carbocycles. The summed E-state index contributed by atoms with van der Waals surface area (Å²) in [6.45, 7) is 0.816. The predicted molar refractivity (Wildman–Crippen MR) is 68.9 cm³/mol. The molecule has 84 valence electrons. The van der Waals surface area contributed by atoms with E-state index in [-0.39, 0.29) is 6.04 Å². The number of benzene rings is 1. The lowest BCUT2D eigenvalue weighted by atomic mass is 10.1. The Morgan fingerprint density at radius 1 is 1.31 bits per heavy atom. The van der Waals surface area contributed by atoms with Crippen molar-refractivity contribution in [2.24, 2.45) is 0 Å². The molecule has 16 heavy (non-hydrogen) atoms. The highest BCUT2D eigenvalue weighted by atomic mass is 35.5. The highest BCUT2D eigenvalue weighted by Crippen LogP contribution is 2.15. The van der Waals surface area contributed by atoms with Crippen molar-refractivity contribution in [2.45, 2.75) is 12.6 Å². The average Bonchev–Trinajstić information content (AvgIpc) is 2.84. The summed E-state index contributed by atoms with van der Waals surface area (Å²) in [5.41, 5.74) is 3.07. The van der Waals surface area contributed by atoms with Crippen molar-refractivity contribution in [1.29, 1.82) is 0 Å². The first-order valence-corrected chi connectivity index (χ1v) is 6.53. The van der Waals surface area contributed by atoms with Crippen molar-refractivity contribution in [3.63, 3.8) is 0 Å². The summed E-state index contributed by atoms with van der Waals surface area (Å²) in [6, 6.07) is 10.5. The number of nitrogens with zero attached hydrogens (tertiary/aromatic N) is 1. The molecule has 0 bridgehead atoms. The molecular weight excluding hydrogens is 240 g/mol. The number of hydrogen-bond donors (Lipinski definition) is 1. The third kappa shape index (κ3) is 3.04. The molecule has 0 fully saturated rings. The minimum Gasteiger partial charge on any atom is -0.304 e. The number of aromatic nitrogens is 1. The van der Waals surface area contributed by atoms with Crippen LogP contribution in [-0.4, -0.2) is 10.9 Å². The number of rotatable bonds is 5. The minimum atomic E-state index is 0.199. The van der Waals surface area contributed by atoms with Crippen LogP contribution in [0.5, 0.6) is 0 Å². The Morgan fingerprint density at radius 2 is 2.12 bits per heavy atom. The van der Waals surface area contributed by atoms with Gasteiger partial charge in [0.1, 0.15) is 0 Å². The van der Waals surface area contributed by atoms with Crippen LogP contribution >= 0.6 is 22.9 Å². The van der Waals surface area contributed by atoms with Crippen molar-refractivity contribution in [3.8, 4) is 0 Å². The Hall–Kier alpha value is -0.900. The molecule has 0 aliphatic carbocycles. The standard InChI is InChI=1S/C12H13ClN2S/c13-6-12(10-4-2-1-3-5-10)15-8-11-7-14-9-16-11/h1-5,7,9,12,15H,6,8H2. The average molecular weight is 253 g/mol. The Kier molecular flexibility index (Phi) is 4.34. The third-order valence-corrected chi connectivity index (χ3v) is 3.45. The molecule has 2 rings (SSSR count). The maximum absolute atomic E-state index is 5.97. The molecule has 0 amide bonds.